The van der Waals surface area contributed by atoms with E-state index >= 15 is 0 Å². The number of aryl methyl sites for hydroxylation is 1. The molecule has 3 nitrogen and oxygen atoms in total. The Kier molecular flexibility index (Phi) is 5.89. The van der Waals surface area contributed by atoms with Crippen LogP contribution < -0.4 is 0 Å². The second-order valence-corrected chi connectivity index (χ2v) is 5.51. The van der Waals surface area contributed by atoms with E-state index < -0.39 is 0 Å². The van der Waals surface area contributed by atoms with Gasteiger partial charge < -0.3 is 4.57 Å². The number of nitrogens with zero attached hydrogens (tertiary/aromatic N) is 3. The van der Waals surface area contributed by atoms with Gasteiger partial charge in [-0.25, -0.2) is 4.98 Å². The lowest BCUT2D eigenvalue weighted by Gasteiger charge is -2.11. The molecule has 0 aromatic carbocycles. The normalized spacial score (nSPS) is 11.1. The average Bonchev–Trinajstić information content (AvgIpc) is 2.55. The van der Waals surface area contributed by atoms with E-state index in [-0.39, 0.29) is 0 Å². The summed E-state index contributed by atoms with van der Waals surface area (Å²) in [5, 5.41) is 0. The molecule has 96 valence electrons. The third-order valence-corrected chi connectivity index (χ3v) is 3.50. The number of aromatic nitrogens is 2. The van der Waals surface area contributed by atoms with Crippen molar-refractivity contribution in [3.05, 3.63) is 16.1 Å². The third-order valence-electron chi connectivity index (χ3n) is 2.61. The fraction of sp³-hybridized carbons (Fsp3) is 0.692. The summed E-state index contributed by atoms with van der Waals surface area (Å²) in [6.07, 6.45) is 3.42. The summed E-state index contributed by atoms with van der Waals surface area (Å²) in [5.41, 5.74) is 1.01. The van der Waals surface area contributed by atoms with Crippen LogP contribution in [-0.2, 0) is 19.5 Å². The van der Waals surface area contributed by atoms with Gasteiger partial charge in [-0.05, 0) is 35.0 Å². The van der Waals surface area contributed by atoms with Crippen molar-refractivity contribution in [3.63, 3.8) is 0 Å². The van der Waals surface area contributed by atoms with Crippen molar-refractivity contribution in [3.8, 4) is 0 Å². The van der Waals surface area contributed by atoms with Gasteiger partial charge in [-0.3, -0.25) is 4.99 Å². The lowest BCUT2D eigenvalue weighted by Crippen LogP contribution is -2.09. The predicted molar refractivity (Wildman–Crippen MR) is 76.6 cm³/mol. The highest BCUT2D eigenvalue weighted by molar-refractivity contribution is 9.10. The second kappa shape index (κ2) is 6.94. The maximum absolute atomic E-state index is 4.67. The highest BCUT2D eigenvalue weighted by atomic mass is 79.9. The molecule has 1 heterocycles. The largest absolute Gasteiger partial charge is 0.322 e. The van der Waals surface area contributed by atoms with Gasteiger partial charge in [-0.2, -0.15) is 0 Å². The van der Waals surface area contributed by atoms with Crippen LogP contribution in [0.1, 0.15) is 45.1 Å². The summed E-state index contributed by atoms with van der Waals surface area (Å²) < 4.78 is 3.35. The molecule has 0 saturated carbocycles. The van der Waals surface area contributed by atoms with Gasteiger partial charge in [0.15, 0.2) is 0 Å². The maximum Gasteiger partial charge on any atom is 0.110 e. The molecule has 0 amide bonds. The molecule has 0 aliphatic heterocycles. The molecule has 0 radical (unpaired) electrons. The summed E-state index contributed by atoms with van der Waals surface area (Å²) in [7, 11) is 0. The van der Waals surface area contributed by atoms with Crippen molar-refractivity contribution < 1.29 is 0 Å². The van der Waals surface area contributed by atoms with E-state index in [1.807, 2.05) is 0 Å². The Morgan fingerprint density at radius 1 is 1.47 bits per heavy atom. The highest BCUT2D eigenvalue weighted by Crippen LogP contribution is 2.22. The fourth-order valence-electron chi connectivity index (χ4n) is 1.81. The second-order valence-electron chi connectivity index (χ2n) is 4.76. The van der Waals surface area contributed by atoms with Gasteiger partial charge >= 0.3 is 0 Å². The minimum atomic E-state index is 0.588. The van der Waals surface area contributed by atoms with E-state index in [9.17, 15) is 0 Å². The first-order valence-electron chi connectivity index (χ1n) is 6.26. The van der Waals surface area contributed by atoms with Gasteiger partial charge in [0.05, 0.1) is 12.2 Å². The van der Waals surface area contributed by atoms with Gasteiger partial charge in [0.1, 0.15) is 10.4 Å². The van der Waals surface area contributed by atoms with Crippen molar-refractivity contribution in [2.75, 3.05) is 0 Å². The molecule has 0 N–H and O–H groups in total. The summed E-state index contributed by atoms with van der Waals surface area (Å²) >= 11 is 3.64. The fourth-order valence-corrected chi connectivity index (χ4v) is 2.38. The molecule has 17 heavy (non-hydrogen) atoms. The zero-order chi connectivity index (χ0) is 12.8. The van der Waals surface area contributed by atoms with Crippen LogP contribution in [0.25, 0.3) is 0 Å². The predicted octanol–water partition coefficient (Wildman–Crippen LogP) is 3.84. The number of halogens is 1. The number of hydrogen-bond donors (Lipinski definition) is 0. The molecule has 1 aromatic heterocycles. The van der Waals surface area contributed by atoms with E-state index in [1.165, 1.54) is 18.7 Å². The van der Waals surface area contributed by atoms with Gasteiger partial charge in [-0.15, -0.1) is 0 Å². The summed E-state index contributed by atoms with van der Waals surface area (Å²) in [5.74, 6) is 1.79. The number of aliphatic imine (C=N–C) groups is 1. The van der Waals surface area contributed by atoms with E-state index in [0.717, 1.165) is 23.3 Å². The standard InChI is InChI=1S/C13H22BrN3/c1-5-6-7-12-16-11(8-15-4)13(14)17(12)9-10(2)3/h10H,4-9H2,1-3H3. The van der Waals surface area contributed by atoms with Crippen molar-refractivity contribution >= 4 is 22.6 Å². The van der Waals surface area contributed by atoms with E-state index in [4.69, 9.17) is 0 Å². The van der Waals surface area contributed by atoms with Crippen LogP contribution in [0.15, 0.2) is 9.60 Å². The smallest absolute Gasteiger partial charge is 0.110 e. The molecule has 0 saturated heterocycles. The van der Waals surface area contributed by atoms with Crippen LogP contribution in [0.5, 0.6) is 0 Å². The Morgan fingerprint density at radius 3 is 2.71 bits per heavy atom. The first-order valence-corrected chi connectivity index (χ1v) is 7.05. The zero-order valence-electron chi connectivity index (χ0n) is 11.0. The molecule has 0 atom stereocenters. The molecule has 0 bridgehead atoms. The molecule has 0 aliphatic rings. The lowest BCUT2D eigenvalue weighted by atomic mass is 10.2. The minimum absolute atomic E-state index is 0.588. The van der Waals surface area contributed by atoms with Crippen LogP contribution in [0.3, 0.4) is 0 Å². The van der Waals surface area contributed by atoms with Crippen molar-refractivity contribution in [2.24, 2.45) is 10.9 Å². The van der Waals surface area contributed by atoms with E-state index in [1.54, 1.807) is 0 Å². The monoisotopic (exact) mass is 299 g/mol. The van der Waals surface area contributed by atoms with Crippen LogP contribution in [0.2, 0.25) is 0 Å². The third kappa shape index (κ3) is 3.95. The zero-order valence-corrected chi connectivity index (χ0v) is 12.6. The molecule has 0 unspecified atom stereocenters. The first-order chi connectivity index (χ1) is 8.10. The molecule has 1 aromatic rings. The van der Waals surface area contributed by atoms with Crippen LogP contribution in [-0.4, -0.2) is 16.3 Å². The SMILES string of the molecule is C=NCc1nc(CCCC)n(CC(C)C)c1Br. The van der Waals surface area contributed by atoms with Gasteiger partial charge in [0, 0.05) is 13.0 Å². The Bertz CT molecular complexity index is 369. The van der Waals surface area contributed by atoms with Gasteiger partial charge in [0.2, 0.25) is 0 Å². The molecular weight excluding hydrogens is 278 g/mol. The van der Waals surface area contributed by atoms with Crippen LogP contribution >= 0.6 is 15.9 Å². The summed E-state index contributed by atoms with van der Waals surface area (Å²) in [4.78, 5) is 8.60. The van der Waals surface area contributed by atoms with E-state index in [2.05, 4.69) is 58.0 Å². The topological polar surface area (TPSA) is 30.2 Å². The Morgan fingerprint density at radius 2 is 2.18 bits per heavy atom. The molecule has 0 aliphatic carbocycles. The maximum atomic E-state index is 4.67. The molecule has 4 heteroatoms. The molecule has 0 fully saturated rings. The Hall–Kier alpha value is -0.640. The number of unbranched alkanes of at least 4 members (excludes halogenated alkanes) is 1. The Labute approximate surface area is 112 Å². The van der Waals surface area contributed by atoms with Crippen LogP contribution in [0, 0.1) is 5.92 Å². The quantitative estimate of drug-likeness (QED) is 0.704. The van der Waals surface area contributed by atoms with Crippen molar-refractivity contribution in [1.29, 1.82) is 0 Å². The van der Waals surface area contributed by atoms with Gasteiger partial charge in [-0.1, -0.05) is 27.2 Å². The number of hydrogen-bond acceptors (Lipinski definition) is 2. The molecule has 1 rings (SSSR count). The van der Waals surface area contributed by atoms with Gasteiger partial charge in [0.25, 0.3) is 0 Å². The lowest BCUT2D eigenvalue weighted by molar-refractivity contribution is 0.497. The Balaban J connectivity index is 2.98. The van der Waals surface area contributed by atoms with Crippen molar-refractivity contribution in [1.82, 2.24) is 9.55 Å². The highest BCUT2D eigenvalue weighted by Gasteiger charge is 2.14. The van der Waals surface area contributed by atoms with Crippen LogP contribution in [0.4, 0.5) is 0 Å². The summed E-state index contributed by atoms with van der Waals surface area (Å²) in [6.45, 7) is 11.8. The van der Waals surface area contributed by atoms with Crippen molar-refractivity contribution in [2.45, 2.75) is 53.1 Å². The summed E-state index contributed by atoms with van der Waals surface area (Å²) in [6, 6.07) is 0. The minimum Gasteiger partial charge on any atom is -0.322 e. The number of imidazole rings is 1. The average molecular weight is 300 g/mol. The number of rotatable bonds is 7. The first kappa shape index (κ1) is 14.4. The van der Waals surface area contributed by atoms with E-state index in [0.29, 0.717) is 12.5 Å². The molecular formula is C13H22BrN3. The molecule has 0 spiro atoms.